The smallest absolute Gasteiger partial charge is 0.321 e. The molecule has 0 aromatic heterocycles. The van der Waals surface area contributed by atoms with Crippen LogP contribution in [0.1, 0.15) is 30.5 Å². The average molecular weight is 249 g/mol. The lowest BCUT2D eigenvalue weighted by atomic mass is 9.95. The molecule has 0 radical (unpaired) electrons. The SMILES string of the molecule is CCN(CC)[C@@H](Cc1c(C)cccc1C)C(=O)O. The molecule has 100 valence electrons. The number of carboxylic acid groups (broad SMARTS) is 1. The Labute approximate surface area is 109 Å². The number of carbonyl (C=O) groups is 1. The monoisotopic (exact) mass is 249 g/mol. The Morgan fingerprint density at radius 3 is 2.11 bits per heavy atom. The van der Waals surface area contributed by atoms with Gasteiger partial charge in [-0.1, -0.05) is 32.0 Å². The Bertz CT molecular complexity index is 391. The van der Waals surface area contributed by atoms with Gasteiger partial charge >= 0.3 is 5.97 Å². The summed E-state index contributed by atoms with van der Waals surface area (Å²) in [6.07, 6.45) is 0.579. The Kier molecular flexibility index (Phi) is 5.35. The predicted molar refractivity (Wildman–Crippen MR) is 74.0 cm³/mol. The quantitative estimate of drug-likeness (QED) is 0.842. The second kappa shape index (κ2) is 6.55. The topological polar surface area (TPSA) is 40.5 Å². The van der Waals surface area contributed by atoms with Crippen LogP contribution in [-0.4, -0.2) is 35.1 Å². The molecule has 1 aromatic rings. The highest BCUT2D eigenvalue weighted by Gasteiger charge is 2.24. The van der Waals surface area contributed by atoms with Crippen molar-refractivity contribution in [2.24, 2.45) is 0 Å². The highest BCUT2D eigenvalue weighted by atomic mass is 16.4. The van der Waals surface area contributed by atoms with Crippen molar-refractivity contribution in [3.63, 3.8) is 0 Å². The lowest BCUT2D eigenvalue weighted by molar-refractivity contribution is -0.143. The number of aliphatic carboxylic acids is 1. The number of likely N-dealkylation sites (N-methyl/N-ethyl adjacent to an activating group) is 1. The van der Waals surface area contributed by atoms with E-state index in [1.54, 1.807) is 0 Å². The van der Waals surface area contributed by atoms with Crippen LogP contribution in [0.4, 0.5) is 0 Å². The molecule has 0 aliphatic carbocycles. The summed E-state index contributed by atoms with van der Waals surface area (Å²) in [5, 5.41) is 9.41. The van der Waals surface area contributed by atoms with Gasteiger partial charge < -0.3 is 5.11 Å². The number of nitrogens with zero attached hydrogens (tertiary/aromatic N) is 1. The van der Waals surface area contributed by atoms with Crippen molar-refractivity contribution < 1.29 is 9.90 Å². The molecule has 0 aliphatic heterocycles. The summed E-state index contributed by atoms with van der Waals surface area (Å²) < 4.78 is 0. The largest absolute Gasteiger partial charge is 0.480 e. The molecule has 18 heavy (non-hydrogen) atoms. The van der Waals surface area contributed by atoms with Gasteiger partial charge in [0.05, 0.1) is 0 Å². The number of rotatable bonds is 6. The molecular formula is C15H23NO2. The molecule has 3 heteroatoms. The summed E-state index contributed by atoms with van der Waals surface area (Å²) in [6, 6.07) is 5.67. The molecule has 1 aromatic carbocycles. The van der Waals surface area contributed by atoms with Crippen LogP contribution in [0.5, 0.6) is 0 Å². The molecule has 0 unspecified atom stereocenters. The fraction of sp³-hybridized carbons (Fsp3) is 0.533. The molecule has 0 bridgehead atoms. The number of hydrogen-bond donors (Lipinski definition) is 1. The molecule has 0 saturated heterocycles. The molecule has 0 saturated carbocycles. The minimum absolute atomic E-state index is 0.431. The van der Waals surface area contributed by atoms with Crippen LogP contribution in [0.2, 0.25) is 0 Å². The molecule has 1 atom stereocenters. The number of hydrogen-bond acceptors (Lipinski definition) is 2. The van der Waals surface area contributed by atoms with E-state index in [4.69, 9.17) is 0 Å². The Morgan fingerprint density at radius 1 is 1.22 bits per heavy atom. The van der Waals surface area contributed by atoms with Crippen LogP contribution in [0, 0.1) is 13.8 Å². The molecule has 3 nitrogen and oxygen atoms in total. The molecule has 1 N–H and O–H groups in total. The van der Waals surface area contributed by atoms with Crippen LogP contribution in [-0.2, 0) is 11.2 Å². The maximum atomic E-state index is 11.4. The Morgan fingerprint density at radius 2 is 1.72 bits per heavy atom. The third-order valence-corrected chi connectivity index (χ3v) is 3.58. The van der Waals surface area contributed by atoms with Crippen molar-refractivity contribution in [3.8, 4) is 0 Å². The standard InChI is InChI=1S/C15H23NO2/c1-5-16(6-2)14(15(17)18)10-13-11(3)8-7-9-12(13)4/h7-9,14H,5-6,10H2,1-4H3,(H,17,18)/t14-/m0/s1. The minimum Gasteiger partial charge on any atom is -0.480 e. The van der Waals surface area contributed by atoms with E-state index in [1.807, 2.05) is 50.8 Å². The summed E-state index contributed by atoms with van der Waals surface area (Å²) in [6.45, 7) is 9.62. The highest BCUT2D eigenvalue weighted by Crippen LogP contribution is 2.17. The zero-order valence-corrected chi connectivity index (χ0v) is 11.7. The third kappa shape index (κ3) is 3.33. The van der Waals surface area contributed by atoms with E-state index in [-0.39, 0.29) is 0 Å². The van der Waals surface area contributed by atoms with Crippen LogP contribution < -0.4 is 0 Å². The highest BCUT2D eigenvalue weighted by molar-refractivity contribution is 5.74. The fourth-order valence-corrected chi connectivity index (χ4v) is 2.40. The van der Waals surface area contributed by atoms with Gasteiger partial charge in [-0.15, -0.1) is 0 Å². The van der Waals surface area contributed by atoms with E-state index in [0.29, 0.717) is 6.42 Å². The Hall–Kier alpha value is -1.35. The number of carboxylic acids is 1. The maximum absolute atomic E-state index is 11.4. The van der Waals surface area contributed by atoms with Crippen molar-refractivity contribution in [1.82, 2.24) is 4.90 Å². The van der Waals surface area contributed by atoms with E-state index in [1.165, 1.54) is 11.1 Å². The van der Waals surface area contributed by atoms with E-state index >= 15 is 0 Å². The summed E-state index contributed by atoms with van der Waals surface area (Å²) >= 11 is 0. The molecule has 0 fully saturated rings. The number of benzene rings is 1. The summed E-state index contributed by atoms with van der Waals surface area (Å²) in [5.41, 5.74) is 3.51. The lowest BCUT2D eigenvalue weighted by Crippen LogP contribution is -2.42. The minimum atomic E-state index is -0.735. The van der Waals surface area contributed by atoms with Crippen LogP contribution in [0.15, 0.2) is 18.2 Å². The normalized spacial score (nSPS) is 12.7. The van der Waals surface area contributed by atoms with Crippen molar-refractivity contribution in [2.75, 3.05) is 13.1 Å². The lowest BCUT2D eigenvalue weighted by Gasteiger charge is -2.27. The number of aryl methyl sites for hydroxylation is 2. The molecule has 0 aliphatic rings. The van der Waals surface area contributed by atoms with Gasteiger partial charge in [-0.2, -0.15) is 0 Å². The second-order valence-corrected chi connectivity index (χ2v) is 4.65. The molecule has 0 spiro atoms. The van der Waals surface area contributed by atoms with Gasteiger partial charge in [0, 0.05) is 0 Å². The van der Waals surface area contributed by atoms with E-state index in [9.17, 15) is 9.90 Å². The first-order valence-corrected chi connectivity index (χ1v) is 6.53. The van der Waals surface area contributed by atoms with Gasteiger partial charge in [-0.25, -0.2) is 0 Å². The van der Waals surface area contributed by atoms with Gasteiger partial charge in [0.2, 0.25) is 0 Å². The van der Waals surface area contributed by atoms with Gasteiger partial charge in [-0.05, 0) is 50.0 Å². The maximum Gasteiger partial charge on any atom is 0.321 e. The second-order valence-electron chi connectivity index (χ2n) is 4.65. The summed E-state index contributed by atoms with van der Waals surface area (Å²) in [7, 11) is 0. The summed E-state index contributed by atoms with van der Waals surface area (Å²) in [4.78, 5) is 13.4. The molecule has 1 rings (SSSR count). The molecule has 0 heterocycles. The molecular weight excluding hydrogens is 226 g/mol. The first-order valence-electron chi connectivity index (χ1n) is 6.53. The van der Waals surface area contributed by atoms with E-state index in [2.05, 4.69) is 0 Å². The van der Waals surface area contributed by atoms with E-state index < -0.39 is 12.0 Å². The third-order valence-electron chi connectivity index (χ3n) is 3.58. The first kappa shape index (κ1) is 14.7. The van der Waals surface area contributed by atoms with Crippen molar-refractivity contribution >= 4 is 5.97 Å². The van der Waals surface area contributed by atoms with Crippen molar-refractivity contribution in [2.45, 2.75) is 40.2 Å². The van der Waals surface area contributed by atoms with Gasteiger partial charge in [0.25, 0.3) is 0 Å². The van der Waals surface area contributed by atoms with Crippen LogP contribution >= 0.6 is 0 Å². The van der Waals surface area contributed by atoms with Crippen LogP contribution in [0.3, 0.4) is 0 Å². The van der Waals surface area contributed by atoms with Crippen molar-refractivity contribution in [3.05, 3.63) is 34.9 Å². The summed E-state index contributed by atoms with van der Waals surface area (Å²) in [5.74, 6) is -0.735. The Balaban J connectivity index is 3.00. The van der Waals surface area contributed by atoms with Crippen LogP contribution in [0.25, 0.3) is 0 Å². The zero-order chi connectivity index (χ0) is 13.7. The van der Waals surface area contributed by atoms with Gasteiger partial charge in [0.1, 0.15) is 6.04 Å². The average Bonchev–Trinajstić information content (AvgIpc) is 2.32. The van der Waals surface area contributed by atoms with Gasteiger partial charge in [0.15, 0.2) is 0 Å². The molecule has 0 amide bonds. The zero-order valence-electron chi connectivity index (χ0n) is 11.7. The first-order chi connectivity index (χ1) is 8.51. The van der Waals surface area contributed by atoms with Gasteiger partial charge in [-0.3, -0.25) is 9.69 Å². The predicted octanol–water partition coefficient (Wildman–Crippen LogP) is 2.64. The fourth-order valence-electron chi connectivity index (χ4n) is 2.40. The van der Waals surface area contributed by atoms with E-state index in [0.717, 1.165) is 18.7 Å². The van der Waals surface area contributed by atoms with Crippen molar-refractivity contribution in [1.29, 1.82) is 0 Å².